The van der Waals surface area contributed by atoms with E-state index in [1.54, 1.807) is 10.9 Å². The highest BCUT2D eigenvalue weighted by molar-refractivity contribution is 5.73. The summed E-state index contributed by atoms with van der Waals surface area (Å²) >= 11 is 0. The van der Waals surface area contributed by atoms with E-state index < -0.39 is 6.10 Å². The Balaban J connectivity index is 2.18. The molecule has 1 atom stereocenters. The van der Waals surface area contributed by atoms with Crippen LogP contribution in [0.25, 0.3) is 0 Å². The molecule has 1 heterocycles. The normalized spacial score (nSPS) is 13.1. The summed E-state index contributed by atoms with van der Waals surface area (Å²) in [6, 6.07) is -0.257. The number of hydrogen-bond donors (Lipinski definition) is 3. The number of aromatic nitrogens is 2. The van der Waals surface area contributed by atoms with Gasteiger partial charge in [0.2, 0.25) is 0 Å². The number of carbonyl (C=O) groups excluding carboxylic acids is 1. The highest BCUT2D eigenvalue weighted by Gasteiger charge is 2.22. The highest BCUT2D eigenvalue weighted by atomic mass is 16.3. The average Bonchev–Trinajstić information content (AvgIpc) is 2.70. The predicted octanol–water partition coefficient (Wildman–Crippen LogP) is 0.669. The van der Waals surface area contributed by atoms with Gasteiger partial charge >= 0.3 is 6.03 Å². The lowest BCUT2D eigenvalue weighted by Gasteiger charge is -2.25. The Hall–Kier alpha value is -1.56. The van der Waals surface area contributed by atoms with Crippen LogP contribution in [0.4, 0.5) is 4.79 Å². The molecule has 0 aromatic carbocycles. The number of amides is 2. The van der Waals surface area contributed by atoms with Gasteiger partial charge in [-0.3, -0.25) is 4.68 Å². The molecule has 1 aromatic rings. The summed E-state index contributed by atoms with van der Waals surface area (Å²) in [6.45, 7) is 6.59. The molecule has 0 aliphatic rings. The number of aliphatic hydroxyl groups is 1. The molecule has 0 fully saturated rings. The quantitative estimate of drug-likeness (QED) is 0.734. The Labute approximate surface area is 114 Å². The van der Waals surface area contributed by atoms with E-state index >= 15 is 0 Å². The standard InChI is InChI=1S/C13H24N4O2/c1-13(2,3)11(18)8-15-12(19)14-6-5-10-7-16-17(4)9-10/h7,9,11,18H,5-6,8H2,1-4H3,(H2,14,15,19). The van der Waals surface area contributed by atoms with Crippen LogP contribution in [0.2, 0.25) is 0 Å². The minimum absolute atomic E-state index is 0.233. The fraction of sp³-hybridized carbons (Fsp3) is 0.692. The Morgan fingerprint density at radius 1 is 1.47 bits per heavy atom. The summed E-state index contributed by atoms with van der Waals surface area (Å²) in [5, 5.41) is 19.3. The van der Waals surface area contributed by atoms with Crippen molar-refractivity contribution in [2.75, 3.05) is 13.1 Å². The summed E-state index contributed by atoms with van der Waals surface area (Å²) < 4.78 is 1.73. The molecule has 6 heteroatoms. The van der Waals surface area contributed by atoms with E-state index in [1.165, 1.54) is 0 Å². The molecule has 0 aliphatic carbocycles. The first-order valence-electron chi connectivity index (χ1n) is 6.46. The summed E-state index contributed by atoms with van der Waals surface area (Å²) in [6.07, 6.45) is 3.88. The maximum absolute atomic E-state index is 11.5. The van der Waals surface area contributed by atoms with Crippen LogP contribution < -0.4 is 10.6 Å². The minimum atomic E-state index is -0.559. The van der Waals surface area contributed by atoms with Crippen LogP contribution >= 0.6 is 0 Å². The van der Waals surface area contributed by atoms with E-state index in [4.69, 9.17) is 0 Å². The van der Waals surface area contributed by atoms with Crippen LogP contribution in [0.1, 0.15) is 26.3 Å². The van der Waals surface area contributed by atoms with E-state index in [-0.39, 0.29) is 18.0 Å². The van der Waals surface area contributed by atoms with E-state index in [2.05, 4.69) is 15.7 Å². The Morgan fingerprint density at radius 2 is 2.16 bits per heavy atom. The second-order valence-electron chi connectivity index (χ2n) is 5.79. The van der Waals surface area contributed by atoms with E-state index in [0.29, 0.717) is 6.54 Å². The molecule has 1 unspecified atom stereocenters. The number of rotatable bonds is 5. The first-order chi connectivity index (χ1) is 8.79. The largest absolute Gasteiger partial charge is 0.391 e. The van der Waals surface area contributed by atoms with Crippen molar-refractivity contribution in [3.63, 3.8) is 0 Å². The first kappa shape index (κ1) is 15.5. The van der Waals surface area contributed by atoms with Gasteiger partial charge in [-0.25, -0.2) is 4.79 Å². The molecule has 108 valence electrons. The predicted molar refractivity (Wildman–Crippen MR) is 73.8 cm³/mol. The molecule has 0 aliphatic heterocycles. The zero-order chi connectivity index (χ0) is 14.5. The van der Waals surface area contributed by atoms with E-state index in [0.717, 1.165) is 12.0 Å². The van der Waals surface area contributed by atoms with Gasteiger partial charge in [-0.05, 0) is 17.4 Å². The van der Waals surface area contributed by atoms with E-state index in [1.807, 2.05) is 34.0 Å². The van der Waals surface area contributed by atoms with Crippen molar-refractivity contribution in [3.8, 4) is 0 Å². The minimum Gasteiger partial charge on any atom is -0.391 e. The first-order valence-corrected chi connectivity index (χ1v) is 6.46. The molecular weight excluding hydrogens is 244 g/mol. The number of hydrogen-bond acceptors (Lipinski definition) is 3. The number of carbonyl (C=O) groups is 1. The van der Waals surface area contributed by atoms with Gasteiger partial charge in [-0.15, -0.1) is 0 Å². The number of urea groups is 1. The van der Waals surface area contributed by atoms with E-state index in [9.17, 15) is 9.90 Å². The third kappa shape index (κ3) is 5.74. The average molecular weight is 268 g/mol. The molecule has 19 heavy (non-hydrogen) atoms. The number of aryl methyl sites for hydroxylation is 1. The van der Waals surface area contributed by atoms with Gasteiger partial charge in [-0.2, -0.15) is 5.10 Å². The lowest BCUT2D eigenvalue weighted by atomic mass is 9.89. The SMILES string of the molecule is Cn1cc(CCNC(=O)NCC(O)C(C)(C)C)cn1. The Kier molecular flexibility index (Phi) is 5.35. The van der Waals surface area contributed by atoms with Gasteiger partial charge in [0, 0.05) is 26.3 Å². The second-order valence-corrected chi connectivity index (χ2v) is 5.79. The van der Waals surface area contributed by atoms with Gasteiger partial charge < -0.3 is 15.7 Å². The van der Waals surface area contributed by atoms with Gasteiger partial charge in [-0.1, -0.05) is 20.8 Å². The molecule has 2 amide bonds. The summed E-state index contributed by atoms with van der Waals surface area (Å²) in [7, 11) is 1.86. The lowest BCUT2D eigenvalue weighted by Crippen LogP contribution is -2.44. The topological polar surface area (TPSA) is 79.2 Å². The summed E-state index contributed by atoms with van der Waals surface area (Å²) in [5.41, 5.74) is 0.848. The van der Waals surface area contributed by atoms with Crippen LogP contribution in [0.3, 0.4) is 0 Å². The molecule has 1 rings (SSSR count). The zero-order valence-electron chi connectivity index (χ0n) is 12.1. The molecule has 0 bridgehead atoms. The number of nitrogens with zero attached hydrogens (tertiary/aromatic N) is 2. The fourth-order valence-corrected chi connectivity index (χ4v) is 1.48. The highest BCUT2D eigenvalue weighted by Crippen LogP contribution is 2.17. The molecule has 6 nitrogen and oxygen atoms in total. The van der Waals surface area contributed by atoms with Crippen LogP contribution in [-0.4, -0.2) is 40.1 Å². The molecule has 3 N–H and O–H groups in total. The summed E-state index contributed by atoms with van der Waals surface area (Å²) in [5.74, 6) is 0. The van der Waals surface area contributed by atoms with Gasteiger partial charge in [0.25, 0.3) is 0 Å². The monoisotopic (exact) mass is 268 g/mol. The Bertz CT molecular complexity index is 409. The maximum Gasteiger partial charge on any atom is 0.314 e. The lowest BCUT2D eigenvalue weighted by molar-refractivity contribution is 0.0650. The Morgan fingerprint density at radius 3 is 2.68 bits per heavy atom. The van der Waals surface area contributed by atoms with Crippen molar-refractivity contribution < 1.29 is 9.90 Å². The third-order valence-corrected chi connectivity index (χ3v) is 2.91. The molecule has 0 saturated carbocycles. The third-order valence-electron chi connectivity index (χ3n) is 2.91. The van der Waals surface area contributed by atoms with Crippen LogP contribution in [-0.2, 0) is 13.5 Å². The van der Waals surface area contributed by atoms with Crippen molar-refractivity contribution >= 4 is 6.03 Å². The van der Waals surface area contributed by atoms with Gasteiger partial charge in [0.15, 0.2) is 0 Å². The number of aliphatic hydroxyl groups excluding tert-OH is 1. The van der Waals surface area contributed by atoms with Crippen molar-refractivity contribution in [2.24, 2.45) is 12.5 Å². The van der Waals surface area contributed by atoms with Gasteiger partial charge in [0.05, 0.1) is 12.3 Å². The van der Waals surface area contributed by atoms with Crippen molar-refractivity contribution in [1.29, 1.82) is 0 Å². The molecule has 0 spiro atoms. The van der Waals surface area contributed by atoms with Crippen LogP contribution in [0, 0.1) is 5.41 Å². The van der Waals surface area contributed by atoms with Crippen LogP contribution in [0.5, 0.6) is 0 Å². The smallest absolute Gasteiger partial charge is 0.314 e. The summed E-state index contributed by atoms with van der Waals surface area (Å²) in [4.78, 5) is 11.5. The molecule has 0 saturated heterocycles. The molecule has 1 aromatic heterocycles. The van der Waals surface area contributed by atoms with Crippen molar-refractivity contribution in [1.82, 2.24) is 20.4 Å². The molecule has 0 radical (unpaired) electrons. The fourth-order valence-electron chi connectivity index (χ4n) is 1.48. The maximum atomic E-state index is 11.5. The van der Waals surface area contributed by atoms with Crippen molar-refractivity contribution in [3.05, 3.63) is 18.0 Å². The molecular formula is C13H24N4O2. The number of nitrogens with one attached hydrogen (secondary N) is 2. The zero-order valence-corrected chi connectivity index (χ0v) is 12.1. The van der Waals surface area contributed by atoms with Gasteiger partial charge in [0.1, 0.15) is 0 Å². The second kappa shape index (κ2) is 6.56. The van der Waals surface area contributed by atoms with Crippen molar-refractivity contribution in [2.45, 2.75) is 33.3 Å². The van der Waals surface area contributed by atoms with Crippen LogP contribution in [0.15, 0.2) is 12.4 Å².